The number of imide groups is 1. The summed E-state index contributed by atoms with van der Waals surface area (Å²) in [4.78, 5) is 53.8. The summed E-state index contributed by atoms with van der Waals surface area (Å²) < 4.78 is 1.75. The predicted octanol–water partition coefficient (Wildman–Crippen LogP) is 7.05. The van der Waals surface area contributed by atoms with Gasteiger partial charge >= 0.3 is 0 Å². The fourth-order valence-corrected chi connectivity index (χ4v) is 5.79. The minimum absolute atomic E-state index is 0.0766. The van der Waals surface area contributed by atoms with Gasteiger partial charge in [0.15, 0.2) is 0 Å². The molecule has 2 N–H and O–H groups in total. The summed E-state index contributed by atoms with van der Waals surface area (Å²) >= 11 is 8.07. The number of nitrogens with zero attached hydrogens (tertiary/aromatic N) is 1. The number of anilines is 2. The highest BCUT2D eigenvalue weighted by Crippen LogP contribution is 2.34. The summed E-state index contributed by atoms with van der Waals surface area (Å²) in [6.45, 7) is 0. The number of nitrogens with one attached hydrogen (secondary N) is 2. The Morgan fingerprint density at radius 2 is 1.43 bits per heavy atom. The maximum absolute atomic E-state index is 13.3. The maximum atomic E-state index is 13.3. The first-order chi connectivity index (χ1) is 20.3. The van der Waals surface area contributed by atoms with E-state index < -0.39 is 17.1 Å². The predicted molar refractivity (Wildman–Crippen MR) is 172 cm³/mol. The molecule has 7 nitrogen and oxygen atoms in total. The van der Waals surface area contributed by atoms with Gasteiger partial charge in [-0.1, -0.05) is 62.2 Å². The monoisotopic (exact) mass is 703 g/mol. The van der Waals surface area contributed by atoms with Crippen molar-refractivity contribution in [3.63, 3.8) is 0 Å². The van der Waals surface area contributed by atoms with Gasteiger partial charge in [0, 0.05) is 31.5 Å². The molecule has 1 aliphatic rings. The minimum atomic E-state index is -0.546. The summed E-state index contributed by atoms with van der Waals surface area (Å²) in [5.41, 5.74) is 2.28. The maximum Gasteiger partial charge on any atom is 0.272 e. The van der Waals surface area contributed by atoms with Gasteiger partial charge in [0.1, 0.15) is 5.70 Å². The molecule has 0 bridgehead atoms. The Hall–Kier alpha value is -3.99. The highest BCUT2D eigenvalue weighted by atomic mass is 79.9. The topological polar surface area (TPSA) is 95.6 Å². The fourth-order valence-electron chi connectivity index (χ4n) is 4.21. The first-order valence-corrected chi connectivity index (χ1v) is 15.3. The lowest BCUT2D eigenvalue weighted by Gasteiger charge is -2.15. The Morgan fingerprint density at radius 1 is 0.810 bits per heavy atom. The summed E-state index contributed by atoms with van der Waals surface area (Å²) in [6.07, 6.45) is 1.70. The zero-order valence-electron chi connectivity index (χ0n) is 21.9. The van der Waals surface area contributed by atoms with Crippen molar-refractivity contribution in [2.45, 2.75) is 16.6 Å². The van der Waals surface area contributed by atoms with Crippen LogP contribution in [0.2, 0.25) is 0 Å². The third kappa shape index (κ3) is 7.25. The van der Waals surface area contributed by atoms with E-state index in [0.717, 1.165) is 19.4 Å². The van der Waals surface area contributed by atoms with E-state index in [1.165, 1.54) is 16.7 Å². The summed E-state index contributed by atoms with van der Waals surface area (Å²) in [7, 11) is 0. The van der Waals surface area contributed by atoms with Gasteiger partial charge in [0.2, 0.25) is 11.8 Å². The van der Waals surface area contributed by atoms with E-state index in [1.54, 1.807) is 78.9 Å². The van der Waals surface area contributed by atoms with E-state index >= 15 is 0 Å². The van der Waals surface area contributed by atoms with E-state index in [0.29, 0.717) is 16.9 Å². The summed E-state index contributed by atoms with van der Waals surface area (Å²) in [5, 5.41) is 5.00. The second-order valence-electron chi connectivity index (χ2n) is 9.26. The Labute approximate surface area is 263 Å². The SMILES string of the molecule is O=C(Nc1ccc(SC2CC(=O)N(c3ccc(Br)cc3)C2=O)cc1)/C(=C/c1ccc(Br)cc1)NC(=O)c1ccccc1. The number of hydrogen-bond acceptors (Lipinski definition) is 5. The van der Waals surface area contributed by atoms with Crippen molar-refractivity contribution in [2.24, 2.45) is 0 Å². The van der Waals surface area contributed by atoms with Crippen LogP contribution in [0.25, 0.3) is 6.08 Å². The second-order valence-corrected chi connectivity index (χ2v) is 12.4. The van der Waals surface area contributed by atoms with Gasteiger partial charge in [0.25, 0.3) is 11.8 Å². The first kappa shape index (κ1) is 29.5. The molecular weight excluding hydrogens is 682 g/mol. The van der Waals surface area contributed by atoms with E-state index in [4.69, 9.17) is 0 Å². The van der Waals surface area contributed by atoms with E-state index in [9.17, 15) is 19.2 Å². The highest BCUT2D eigenvalue weighted by molar-refractivity contribution is 9.10. The molecule has 0 saturated carbocycles. The lowest BCUT2D eigenvalue weighted by molar-refractivity contribution is -0.121. The number of carbonyl (C=O) groups excluding carboxylic acids is 4. The molecule has 1 aliphatic heterocycles. The molecule has 4 aromatic rings. The number of carbonyl (C=O) groups is 4. The fraction of sp³-hybridized carbons (Fsp3) is 0.0625. The molecule has 5 rings (SSSR count). The van der Waals surface area contributed by atoms with E-state index in [1.807, 2.05) is 30.3 Å². The van der Waals surface area contributed by atoms with Crippen LogP contribution in [0.15, 0.2) is 123 Å². The molecule has 1 heterocycles. The van der Waals surface area contributed by atoms with Crippen molar-refractivity contribution in [1.82, 2.24) is 5.32 Å². The molecule has 4 aromatic carbocycles. The number of hydrogen-bond donors (Lipinski definition) is 2. The zero-order chi connectivity index (χ0) is 29.6. The molecular formula is C32H23Br2N3O4S. The number of halogens is 2. The molecule has 0 aliphatic carbocycles. The van der Waals surface area contributed by atoms with Crippen molar-refractivity contribution < 1.29 is 19.2 Å². The van der Waals surface area contributed by atoms with Crippen molar-refractivity contribution >= 4 is 84.7 Å². The zero-order valence-corrected chi connectivity index (χ0v) is 25.9. The summed E-state index contributed by atoms with van der Waals surface area (Å²) in [6, 6.07) is 30.0. The Bertz CT molecular complexity index is 1660. The van der Waals surface area contributed by atoms with Crippen LogP contribution < -0.4 is 15.5 Å². The van der Waals surface area contributed by atoms with Crippen molar-refractivity contribution in [3.05, 3.63) is 129 Å². The smallest absolute Gasteiger partial charge is 0.272 e. The molecule has 0 aromatic heterocycles. The van der Waals surface area contributed by atoms with Gasteiger partial charge in [-0.3, -0.25) is 19.2 Å². The van der Waals surface area contributed by atoms with E-state index in [2.05, 4.69) is 42.5 Å². The number of thioether (sulfide) groups is 1. The van der Waals surface area contributed by atoms with Crippen LogP contribution in [0, 0.1) is 0 Å². The lowest BCUT2D eigenvalue weighted by Crippen LogP contribution is -2.31. The number of amides is 4. The van der Waals surface area contributed by atoms with Crippen LogP contribution in [-0.2, 0) is 14.4 Å². The van der Waals surface area contributed by atoms with Gasteiger partial charge < -0.3 is 10.6 Å². The normalized spacial score (nSPS) is 15.0. The third-order valence-electron chi connectivity index (χ3n) is 6.29. The number of rotatable bonds is 8. The van der Waals surface area contributed by atoms with Gasteiger partial charge in [-0.25, -0.2) is 4.90 Å². The van der Waals surface area contributed by atoms with Crippen LogP contribution in [0.5, 0.6) is 0 Å². The van der Waals surface area contributed by atoms with Crippen molar-refractivity contribution in [2.75, 3.05) is 10.2 Å². The molecule has 1 atom stereocenters. The largest absolute Gasteiger partial charge is 0.321 e. The molecule has 0 radical (unpaired) electrons. The molecule has 1 fully saturated rings. The molecule has 42 heavy (non-hydrogen) atoms. The van der Waals surface area contributed by atoms with Crippen LogP contribution in [0.4, 0.5) is 11.4 Å². The average Bonchev–Trinajstić information content (AvgIpc) is 3.27. The van der Waals surface area contributed by atoms with Crippen LogP contribution in [0.1, 0.15) is 22.3 Å². The van der Waals surface area contributed by atoms with Gasteiger partial charge in [0.05, 0.1) is 10.9 Å². The van der Waals surface area contributed by atoms with Gasteiger partial charge in [-0.15, -0.1) is 11.8 Å². The molecule has 10 heteroatoms. The quantitative estimate of drug-likeness (QED) is 0.152. The molecule has 0 spiro atoms. The van der Waals surface area contributed by atoms with Crippen LogP contribution in [-0.4, -0.2) is 28.9 Å². The highest BCUT2D eigenvalue weighted by Gasteiger charge is 2.40. The standard InChI is InChI=1S/C32H23Br2N3O4S/c33-22-8-6-20(7-9-22)18-27(36-30(39)21-4-2-1-3-5-21)31(40)35-24-12-16-26(17-13-24)42-28-19-29(38)37(32(28)41)25-14-10-23(34)11-15-25/h1-18,28H,19H2,(H,35,40)(H,36,39)/b27-18-. The molecule has 1 saturated heterocycles. The van der Waals surface area contributed by atoms with E-state index in [-0.39, 0.29) is 23.9 Å². The Kier molecular flexibility index (Phi) is 9.36. The lowest BCUT2D eigenvalue weighted by atomic mass is 10.1. The number of benzene rings is 4. The van der Waals surface area contributed by atoms with Crippen LogP contribution in [0.3, 0.4) is 0 Å². The van der Waals surface area contributed by atoms with Crippen molar-refractivity contribution in [3.8, 4) is 0 Å². The van der Waals surface area contributed by atoms with Crippen LogP contribution >= 0.6 is 43.6 Å². The van der Waals surface area contributed by atoms with Crippen molar-refractivity contribution in [1.29, 1.82) is 0 Å². The third-order valence-corrected chi connectivity index (χ3v) is 8.54. The minimum Gasteiger partial charge on any atom is -0.321 e. The first-order valence-electron chi connectivity index (χ1n) is 12.8. The molecule has 4 amide bonds. The molecule has 210 valence electrons. The second kappa shape index (κ2) is 13.3. The Balaban J connectivity index is 1.27. The van der Waals surface area contributed by atoms with Gasteiger partial charge in [-0.05, 0) is 84.4 Å². The van der Waals surface area contributed by atoms with Gasteiger partial charge in [-0.2, -0.15) is 0 Å². The molecule has 1 unspecified atom stereocenters. The average molecular weight is 705 g/mol. The Morgan fingerprint density at radius 3 is 2.07 bits per heavy atom. The summed E-state index contributed by atoms with van der Waals surface area (Å²) in [5.74, 6) is -1.41.